The summed E-state index contributed by atoms with van der Waals surface area (Å²) in [6.07, 6.45) is 7.20. The molecule has 1 aliphatic carbocycles. The topological polar surface area (TPSA) is 35.6 Å². The quantitative estimate of drug-likeness (QED) is 0.879. The van der Waals surface area contributed by atoms with Crippen molar-refractivity contribution in [3.05, 3.63) is 35.4 Å². The molecule has 4 nitrogen and oxygen atoms in total. The zero-order valence-corrected chi connectivity index (χ0v) is 15.8. The SMILES string of the molecule is CCN(C(=O)NC1CCCCC1)C1CCN(Cc2ccc(C)cc2)C1. The lowest BCUT2D eigenvalue weighted by Crippen LogP contribution is -2.50. The summed E-state index contributed by atoms with van der Waals surface area (Å²) < 4.78 is 0. The van der Waals surface area contributed by atoms with Crippen molar-refractivity contribution in [1.29, 1.82) is 0 Å². The molecule has 4 heteroatoms. The number of carbonyl (C=O) groups is 1. The van der Waals surface area contributed by atoms with Gasteiger partial charge in [-0.25, -0.2) is 4.79 Å². The Balaban J connectivity index is 1.51. The van der Waals surface area contributed by atoms with Crippen LogP contribution < -0.4 is 5.32 Å². The molecule has 1 atom stereocenters. The number of hydrogen-bond donors (Lipinski definition) is 1. The number of nitrogens with zero attached hydrogens (tertiary/aromatic N) is 2. The molecule has 2 aliphatic rings. The Hall–Kier alpha value is -1.55. The molecule has 0 radical (unpaired) electrons. The minimum absolute atomic E-state index is 0.150. The average Bonchev–Trinajstić information content (AvgIpc) is 3.06. The highest BCUT2D eigenvalue weighted by atomic mass is 16.2. The molecule has 2 amide bonds. The molecule has 138 valence electrons. The van der Waals surface area contributed by atoms with Crippen molar-refractivity contribution in [3.8, 4) is 0 Å². The molecule has 1 aliphatic heterocycles. The third kappa shape index (κ3) is 4.97. The first kappa shape index (κ1) is 18.2. The summed E-state index contributed by atoms with van der Waals surface area (Å²) in [5, 5.41) is 3.29. The molecule has 2 fully saturated rings. The van der Waals surface area contributed by atoms with E-state index in [4.69, 9.17) is 0 Å². The molecule has 1 heterocycles. The lowest BCUT2D eigenvalue weighted by molar-refractivity contribution is 0.170. The number of amides is 2. The van der Waals surface area contributed by atoms with E-state index in [1.165, 1.54) is 30.4 Å². The number of likely N-dealkylation sites (N-methyl/N-ethyl adjacent to an activating group) is 1. The van der Waals surface area contributed by atoms with E-state index in [-0.39, 0.29) is 6.03 Å². The number of likely N-dealkylation sites (tertiary alicyclic amines) is 1. The Kier molecular flexibility index (Phi) is 6.35. The summed E-state index contributed by atoms with van der Waals surface area (Å²) in [5.41, 5.74) is 2.67. The Morgan fingerprint density at radius 1 is 1.16 bits per heavy atom. The van der Waals surface area contributed by atoms with Gasteiger partial charge in [-0.2, -0.15) is 0 Å². The highest BCUT2D eigenvalue weighted by Crippen LogP contribution is 2.21. The van der Waals surface area contributed by atoms with Gasteiger partial charge in [0.05, 0.1) is 0 Å². The fraction of sp³-hybridized carbons (Fsp3) is 0.667. The number of hydrogen-bond acceptors (Lipinski definition) is 2. The summed E-state index contributed by atoms with van der Waals surface area (Å²) >= 11 is 0. The molecule has 1 saturated carbocycles. The Morgan fingerprint density at radius 3 is 2.56 bits per heavy atom. The lowest BCUT2D eigenvalue weighted by Gasteiger charge is -2.31. The summed E-state index contributed by atoms with van der Waals surface area (Å²) in [6.45, 7) is 8.06. The van der Waals surface area contributed by atoms with Crippen LogP contribution in [-0.4, -0.2) is 47.5 Å². The fourth-order valence-corrected chi connectivity index (χ4v) is 4.23. The molecule has 1 aromatic rings. The molecule has 0 spiro atoms. The van der Waals surface area contributed by atoms with Crippen molar-refractivity contribution in [2.24, 2.45) is 0 Å². The summed E-state index contributed by atoms with van der Waals surface area (Å²) in [7, 11) is 0. The maximum atomic E-state index is 12.7. The maximum Gasteiger partial charge on any atom is 0.317 e. The van der Waals surface area contributed by atoms with Gasteiger partial charge in [-0.15, -0.1) is 0 Å². The smallest absolute Gasteiger partial charge is 0.317 e. The third-order valence-corrected chi connectivity index (χ3v) is 5.75. The van der Waals surface area contributed by atoms with Gasteiger partial charge in [-0.05, 0) is 38.7 Å². The number of urea groups is 1. The van der Waals surface area contributed by atoms with Crippen LogP contribution in [0.1, 0.15) is 56.6 Å². The fourth-order valence-electron chi connectivity index (χ4n) is 4.23. The standard InChI is InChI=1S/C21H33N3O/c1-3-24(21(25)22-19-7-5-4-6-8-19)20-13-14-23(16-20)15-18-11-9-17(2)10-12-18/h9-12,19-20H,3-8,13-16H2,1-2H3,(H,22,25). The van der Waals surface area contributed by atoms with Crippen LogP contribution in [0.25, 0.3) is 0 Å². The van der Waals surface area contributed by atoms with Gasteiger partial charge in [0.2, 0.25) is 0 Å². The Morgan fingerprint density at radius 2 is 1.88 bits per heavy atom. The second-order valence-corrected chi connectivity index (χ2v) is 7.73. The van der Waals surface area contributed by atoms with Crippen molar-refractivity contribution >= 4 is 6.03 Å². The molecule has 1 N–H and O–H groups in total. The number of nitrogens with one attached hydrogen (secondary N) is 1. The van der Waals surface area contributed by atoms with E-state index in [2.05, 4.69) is 53.2 Å². The number of rotatable bonds is 5. The van der Waals surface area contributed by atoms with E-state index in [9.17, 15) is 4.79 Å². The van der Waals surface area contributed by atoms with Gasteiger partial charge in [-0.3, -0.25) is 4.90 Å². The highest BCUT2D eigenvalue weighted by Gasteiger charge is 2.30. The van der Waals surface area contributed by atoms with E-state index in [1.54, 1.807) is 0 Å². The summed E-state index contributed by atoms with van der Waals surface area (Å²) in [5.74, 6) is 0. The predicted molar refractivity (Wildman–Crippen MR) is 103 cm³/mol. The van der Waals surface area contributed by atoms with Gasteiger partial charge in [0.15, 0.2) is 0 Å². The van der Waals surface area contributed by atoms with Crippen molar-refractivity contribution in [2.75, 3.05) is 19.6 Å². The second kappa shape index (κ2) is 8.70. The van der Waals surface area contributed by atoms with E-state index >= 15 is 0 Å². The van der Waals surface area contributed by atoms with Crippen LogP contribution in [0.4, 0.5) is 4.79 Å². The zero-order chi connectivity index (χ0) is 17.6. The minimum Gasteiger partial charge on any atom is -0.335 e. The number of carbonyl (C=O) groups excluding carboxylic acids is 1. The van der Waals surface area contributed by atoms with Crippen LogP contribution in [0.3, 0.4) is 0 Å². The van der Waals surface area contributed by atoms with E-state index in [1.807, 2.05) is 0 Å². The van der Waals surface area contributed by atoms with Crippen LogP contribution in [-0.2, 0) is 6.54 Å². The van der Waals surface area contributed by atoms with Crippen molar-refractivity contribution in [2.45, 2.75) is 71.0 Å². The van der Waals surface area contributed by atoms with Gasteiger partial charge in [-0.1, -0.05) is 49.1 Å². The number of aryl methyl sites for hydroxylation is 1. The normalized spacial score (nSPS) is 22.1. The molecule has 1 unspecified atom stereocenters. The van der Waals surface area contributed by atoms with Crippen LogP contribution in [0.5, 0.6) is 0 Å². The van der Waals surface area contributed by atoms with Crippen LogP contribution >= 0.6 is 0 Å². The van der Waals surface area contributed by atoms with Crippen LogP contribution in [0.2, 0.25) is 0 Å². The first-order chi connectivity index (χ1) is 12.2. The minimum atomic E-state index is 0.150. The van der Waals surface area contributed by atoms with Crippen molar-refractivity contribution in [3.63, 3.8) is 0 Å². The molecule has 25 heavy (non-hydrogen) atoms. The largest absolute Gasteiger partial charge is 0.335 e. The first-order valence-electron chi connectivity index (χ1n) is 10.0. The molecule has 3 rings (SSSR count). The Bertz CT molecular complexity index is 551. The van der Waals surface area contributed by atoms with Gasteiger partial charge in [0, 0.05) is 38.3 Å². The maximum absolute atomic E-state index is 12.7. The van der Waals surface area contributed by atoms with E-state index in [0.717, 1.165) is 45.4 Å². The molecule has 0 bridgehead atoms. The van der Waals surface area contributed by atoms with Crippen molar-refractivity contribution in [1.82, 2.24) is 15.1 Å². The van der Waals surface area contributed by atoms with Crippen molar-refractivity contribution < 1.29 is 4.79 Å². The molecular formula is C21H33N3O. The Labute approximate surface area is 152 Å². The lowest BCUT2D eigenvalue weighted by atomic mass is 9.96. The molecule has 1 saturated heterocycles. The monoisotopic (exact) mass is 343 g/mol. The summed E-state index contributed by atoms with van der Waals surface area (Å²) in [6, 6.07) is 9.68. The van der Waals surface area contributed by atoms with Gasteiger partial charge in [0.1, 0.15) is 0 Å². The average molecular weight is 344 g/mol. The summed E-state index contributed by atoms with van der Waals surface area (Å²) in [4.78, 5) is 17.3. The molecule has 1 aromatic carbocycles. The predicted octanol–water partition coefficient (Wildman–Crippen LogP) is 3.93. The first-order valence-corrected chi connectivity index (χ1v) is 10.0. The van der Waals surface area contributed by atoms with E-state index in [0.29, 0.717) is 12.1 Å². The van der Waals surface area contributed by atoms with Crippen LogP contribution in [0, 0.1) is 6.92 Å². The van der Waals surface area contributed by atoms with E-state index < -0.39 is 0 Å². The highest BCUT2D eigenvalue weighted by molar-refractivity contribution is 5.75. The molecule has 0 aromatic heterocycles. The van der Waals surface area contributed by atoms with Gasteiger partial charge < -0.3 is 10.2 Å². The van der Waals surface area contributed by atoms with Crippen LogP contribution in [0.15, 0.2) is 24.3 Å². The molecular weight excluding hydrogens is 310 g/mol. The third-order valence-electron chi connectivity index (χ3n) is 5.75. The number of benzene rings is 1. The zero-order valence-electron chi connectivity index (χ0n) is 15.8. The van der Waals surface area contributed by atoms with Gasteiger partial charge in [0.25, 0.3) is 0 Å². The van der Waals surface area contributed by atoms with Gasteiger partial charge >= 0.3 is 6.03 Å². The second-order valence-electron chi connectivity index (χ2n) is 7.73.